The first kappa shape index (κ1) is 26.2. The number of hydrogen-bond donors (Lipinski definition) is 2. The molecular weight excluding hydrogens is 503 g/mol. The SMILES string of the molecule is CCNC(=NCc1ccccc1OC(C)(C)C)NC1CCN(CC2CCOC2)CC1.I. The van der Waals surface area contributed by atoms with E-state index in [4.69, 9.17) is 14.5 Å². The van der Waals surface area contributed by atoms with E-state index in [1.165, 1.54) is 13.0 Å². The average molecular weight is 545 g/mol. The molecule has 1 aromatic rings. The number of para-hydroxylation sites is 1. The summed E-state index contributed by atoms with van der Waals surface area (Å²) in [6, 6.07) is 8.66. The topological polar surface area (TPSA) is 58.1 Å². The van der Waals surface area contributed by atoms with E-state index in [1.807, 2.05) is 18.2 Å². The number of likely N-dealkylation sites (tertiary alicyclic amines) is 1. The average Bonchev–Trinajstić information content (AvgIpc) is 3.21. The predicted molar refractivity (Wildman–Crippen MR) is 139 cm³/mol. The first-order valence-corrected chi connectivity index (χ1v) is 11.5. The summed E-state index contributed by atoms with van der Waals surface area (Å²) in [5.74, 6) is 2.53. The van der Waals surface area contributed by atoms with E-state index in [1.54, 1.807) is 0 Å². The number of guanidine groups is 1. The molecule has 0 aromatic heterocycles. The van der Waals surface area contributed by atoms with Crippen LogP contribution in [0.4, 0.5) is 0 Å². The summed E-state index contributed by atoms with van der Waals surface area (Å²) in [5, 5.41) is 7.06. The first-order valence-electron chi connectivity index (χ1n) is 11.5. The van der Waals surface area contributed by atoms with Crippen LogP contribution in [0, 0.1) is 5.92 Å². The monoisotopic (exact) mass is 544 g/mol. The number of piperidine rings is 1. The molecule has 0 bridgehead atoms. The van der Waals surface area contributed by atoms with E-state index in [2.05, 4.69) is 49.3 Å². The van der Waals surface area contributed by atoms with Crippen LogP contribution < -0.4 is 15.4 Å². The minimum atomic E-state index is -0.221. The maximum absolute atomic E-state index is 6.12. The molecule has 2 aliphatic heterocycles. The van der Waals surface area contributed by atoms with Gasteiger partial charge < -0.3 is 25.0 Å². The molecule has 3 rings (SSSR count). The highest BCUT2D eigenvalue weighted by Crippen LogP contribution is 2.23. The van der Waals surface area contributed by atoms with Crippen LogP contribution in [0.25, 0.3) is 0 Å². The van der Waals surface area contributed by atoms with E-state index < -0.39 is 0 Å². The van der Waals surface area contributed by atoms with Crippen LogP contribution in [0.2, 0.25) is 0 Å². The number of nitrogens with zero attached hydrogens (tertiary/aromatic N) is 2. The molecule has 2 fully saturated rings. The fraction of sp³-hybridized carbons (Fsp3) is 0.708. The van der Waals surface area contributed by atoms with Gasteiger partial charge in [0.15, 0.2) is 5.96 Å². The van der Waals surface area contributed by atoms with Crippen LogP contribution in [0.3, 0.4) is 0 Å². The standard InChI is InChI=1S/C24H40N4O2.HI/c1-5-25-23(26-16-20-8-6-7-9-22(20)30-24(2,3)4)27-21-10-13-28(14-11-21)17-19-12-15-29-18-19;/h6-9,19,21H,5,10-18H2,1-4H3,(H2,25,26,27);1H. The van der Waals surface area contributed by atoms with Crippen molar-refractivity contribution in [2.75, 3.05) is 39.4 Å². The molecule has 2 heterocycles. The predicted octanol–water partition coefficient (Wildman–Crippen LogP) is 4.04. The van der Waals surface area contributed by atoms with E-state index in [0.29, 0.717) is 12.6 Å². The van der Waals surface area contributed by atoms with Crippen molar-refractivity contribution in [3.63, 3.8) is 0 Å². The summed E-state index contributed by atoms with van der Waals surface area (Å²) in [6.07, 6.45) is 3.53. The maximum Gasteiger partial charge on any atom is 0.191 e. The van der Waals surface area contributed by atoms with Crippen LogP contribution in [0.15, 0.2) is 29.3 Å². The lowest BCUT2D eigenvalue weighted by atomic mass is 10.0. The van der Waals surface area contributed by atoms with Crippen molar-refractivity contribution in [2.45, 2.75) is 65.1 Å². The van der Waals surface area contributed by atoms with Crippen LogP contribution in [0.1, 0.15) is 52.5 Å². The third kappa shape index (κ3) is 9.14. The maximum atomic E-state index is 6.12. The van der Waals surface area contributed by atoms with E-state index in [-0.39, 0.29) is 29.6 Å². The summed E-state index contributed by atoms with van der Waals surface area (Å²) >= 11 is 0. The fourth-order valence-corrected chi connectivity index (χ4v) is 4.09. The second kappa shape index (κ2) is 12.8. The number of nitrogens with one attached hydrogen (secondary N) is 2. The number of ether oxygens (including phenoxy) is 2. The summed E-state index contributed by atoms with van der Waals surface area (Å²) in [6.45, 7) is 15.1. The Balaban J connectivity index is 0.00000341. The van der Waals surface area contributed by atoms with Gasteiger partial charge >= 0.3 is 0 Å². The highest BCUT2D eigenvalue weighted by Gasteiger charge is 2.24. The molecule has 1 unspecified atom stereocenters. The van der Waals surface area contributed by atoms with Gasteiger partial charge in [-0.1, -0.05) is 18.2 Å². The minimum absolute atomic E-state index is 0. The van der Waals surface area contributed by atoms with Gasteiger partial charge in [0.05, 0.1) is 13.2 Å². The molecule has 0 radical (unpaired) electrons. The zero-order valence-electron chi connectivity index (χ0n) is 19.7. The summed E-state index contributed by atoms with van der Waals surface area (Å²) in [5.41, 5.74) is 0.888. The molecule has 31 heavy (non-hydrogen) atoms. The number of aliphatic imine (C=N–C) groups is 1. The Morgan fingerprint density at radius 1 is 1.19 bits per heavy atom. The molecule has 1 aromatic carbocycles. The first-order chi connectivity index (χ1) is 14.4. The number of halogens is 1. The van der Waals surface area contributed by atoms with Gasteiger partial charge in [0.2, 0.25) is 0 Å². The lowest BCUT2D eigenvalue weighted by molar-refractivity contribution is 0.129. The van der Waals surface area contributed by atoms with Crippen molar-refractivity contribution in [3.05, 3.63) is 29.8 Å². The van der Waals surface area contributed by atoms with Gasteiger partial charge in [-0.3, -0.25) is 0 Å². The fourth-order valence-electron chi connectivity index (χ4n) is 4.09. The molecule has 0 amide bonds. The van der Waals surface area contributed by atoms with Gasteiger partial charge in [0.25, 0.3) is 0 Å². The number of hydrogen-bond acceptors (Lipinski definition) is 4. The zero-order valence-corrected chi connectivity index (χ0v) is 22.0. The molecule has 6 nitrogen and oxygen atoms in total. The van der Waals surface area contributed by atoms with Crippen LogP contribution in [-0.2, 0) is 11.3 Å². The Morgan fingerprint density at radius 3 is 2.58 bits per heavy atom. The molecule has 2 aliphatic rings. The second-order valence-electron chi connectivity index (χ2n) is 9.47. The van der Waals surface area contributed by atoms with Crippen LogP contribution in [0.5, 0.6) is 5.75 Å². The van der Waals surface area contributed by atoms with Gasteiger partial charge in [-0.2, -0.15) is 0 Å². The molecule has 0 saturated carbocycles. The van der Waals surface area contributed by atoms with Crippen LogP contribution >= 0.6 is 24.0 Å². The quantitative estimate of drug-likeness (QED) is 0.309. The molecule has 0 spiro atoms. The largest absolute Gasteiger partial charge is 0.488 e. The molecule has 7 heteroatoms. The third-order valence-corrected chi connectivity index (χ3v) is 5.61. The summed E-state index contributed by atoms with van der Waals surface area (Å²) < 4.78 is 11.6. The lowest BCUT2D eigenvalue weighted by Gasteiger charge is -2.34. The second-order valence-corrected chi connectivity index (χ2v) is 9.47. The Morgan fingerprint density at radius 2 is 1.94 bits per heavy atom. The van der Waals surface area contributed by atoms with Crippen molar-refractivity contribution < 1.29 is 9.47 Å². The molecule has 2 N–H and O–H groups in total. The molecule has 2 saturated heterocycles. The minimum Gasteiger partial charge on any atom is -0.488 e. The zero-order chi connectivity index (χ0) is 21.4. The van der Waals surface area contributed by atoms with Crippen molar-refractivity contribution in [1.29, 1.82) is 0 Å². The Labute approximate surface area is 205 Å². The summed E-state index contributed by atoms with van der Waals surface area (Å²) in [7, 11) is 0. The Hall–Kier alpha value is -1.06. The third-order valence-electron chi connectivity index (χ3n) is 5.61. The normalized spacial score (nSPS) is 20.9. The van der Waals surface area contributed by atoms with E-state index >= 15 is 0 Å². The molecule has 1 atom stereocenters. The van der Waals surface area contributed by atoms with Crippen molar-refractivity contribution in [3.8, 4) is 5.75 Å². The lowest BCUT2D eigenvalue weighted by Crippen LogP contribution is -2.49. The highest BCUT2D eigenvalue weighted by atomic mass is 127. The van der Waals surface area contributed by atoms with Gasteiger partial charge in [-0.25, -0.2) is 4.99 Å². The van der Waals surface area contributed by atoms with Gasteiger partial charge in [0, 0.05) is 44.4 Å². The number of benzene rings is 1. The Kier molecular flexibility index (Phi) is 10.9. The van der Waals surface area contributed by atoms with E-state index in [0.717, 1.165) is 68.9 Å². The Bertz CT molecular complexity index is 678. The van der Waals surface area contributed by atoms with Gasteiger partial charge in [-0.05, 0) is 58.9 Å². The number of rotatable bonds is 7. The molecule has 176 valence electrons. The van der Waals surface area contributed by atoms with Crippen molar-refractivity contribution >= 4 is 29.9 Å². The van der Waals surface area contributed by atoms with Gasteiger partial charge in [-0.15, -0.1) is 24.0 Å². The van der Waals surface area contributed by atoms with Crippen molar-refractivity contribution in [1.82, 2.24) is 15.5 Å². The molecule has 0 aliphatic carbocycles. The van der Waals surface area contributed by atoms with Crippen molar-refractivity contribution in [2.24, 2.45) is 10.9 Å². The summed E-state index contributed by atoms with van der Waals surface area (Å²) in [4.78, 5) is 7.45. The molecular formula is C24H41IN4O2. The van der Waals surface area contributed by atoms with Crippen LogP contribution in [-0.4, -0.2) is 61.9 Å². The van der Waals surface area contributed by atoms with Gasteiger partial charge in [0.1, 0.15) is 11.4 Å². The van der Waals surface area contributed by atoms with E-state index in [9.17, 15) is 0 Å². The smallest absolute Gasteiger partial charge is 0.191 e. The highest BCUT2D eigenvalue weighted by molar-refractivity contribution is 14.0.